The van der Waals surface area contributed by atoms with Gasteiger partial charge >= 0.3 is 0 Å². The number of rotatable bonds is 3. The zero-order chi connectivity index (χ0) is 13.0. The molecule has 0 bridgehead atoms. The molecule has 0 unspecified atom stereocenters. The zero-order valence-corrected chi connectivity index (χ0v) is 9.73. The van der Waals surface area contributed by atoms with Crippen LogP contribution in [0.1, 0.15) is 26.7 Å². The maximum atomic E-state index is 11.6. The maximum absolute atomic E-state index is 11.6. The molecule has 2 amide bonds. The quantitative estimate of drug-likeness (QED) is 0.677. The van der Waals surface area contributed by atoms with Gasteiger partial charge in [-0.25, -0.2) is 4.90 Å². The highest BCUT2D eigenvalue weighted by Gasteiger charge is 2.28. The van der Waals surface area contributed by atoms with E-state index in [1.165, 1.54) is 0 Å². The summed E-state index contributed by atoms with van der Waals surface area (Å²) in [5, 5.41) is 0. The topological polar surface area (TPSA) is 71.5 Å². The molecule has 0 aliphatic heterocycles. The highest BCUT2D eigenvalue weighted by atomic mass is 16.2. The lowest BCUT2D eigenvalue weighted by Crippen LogP contribution is -2.38. The van der Waals surface area contributed by atoms with Crippen LogP contribution >= 0.6 is 0 Å². The Labute approximate surface area is 98.8 Å². The van der Waals surface area contributed by atoms with Crippen LogP contribution in [0.2, 0.25) is 0 Å². The zero-order valence-electron chi connectivity index (χ0n) is 9.73. The first-order chi connectivity index (χ1) is 8.01. The average molecular weight is 235 g/mol. The molecule has 0 atom stereocenters. The van der Waals surface area contributed by atoms with Gasteiger partial charge in [-0.1, -0.05) is 13.8 Å². The fraction of sp³-hybridized carbons (Fsp3) is 0.333. The van der Waals surface area contributed by atoms with E-state index in [4.69, 9.17) is 0 Å². The molecule has 0 N–H and O–H groups in total. The minimum Gasteiger partial charge on any atom is -0.290 e. The first kappa shape index (κ1) is 13.0. The summed E-state index contributed by atoms with van der Waals surface area (Å²) in [6.45, 7) is 3.17. The number of hydrogen-bond donors (Lipinski definition) is 0. The number of nitrogens with zero attached hydrogens (tertiary/aromatic N) is 1. The molecule has 1 aliphatic rings. The minimum atomic E-state index is -0.506. The van der Waals surface area contributed by atoms with Crippen LogP contribution in [0.4, 0.5) is 0 Å². The van der Waals surface area contributed by atoms with E-state index in [2.05, 4.69) is 0 Å². The first-order valence-electron chi connectivity index (χ1n) is 5.35. The van der Waals surface area contributed by atoms with Gasteiger partial charge in [-0.15, -0.1) is 0 Å². The highest BCUT2D eigenvalue weighted by Crippen LogP contribution is 2.14. The van der Waals surface area contributed by atoms with Crippen molar-refractivity contribution in [1.29, 1.82) is 0 Å². The largest absolute Gasteiger partial charge is 0.290 e. The van der Waals surface area contributed by atoms with E-state index in [1.54, 1.807) is 13.8 Å². The van der Waals surface area contributed by atoms with Crippen molar-refractivity contribution in [2.24, 2.45) is 0 Å². The van der Waals surface area contributed by atoms with Crippen molar-refractivity contribution in [3.05, 3.63) is 23.9 Å². The van der Waals surface area contributed by atoms with E-state index in [9.17, 15) is 19.2 Å². The molecule has 0 saturated carbocycles. The third-order valence-electron chi connectivity index (χ3n) is 2.28. The van der Waals surface area contributed by atoms with Crippen LogP contribution in [-0.4, -0.2) is 28.3 Å². The molecular weight excluding hydrogens is 222 g/mol. The van der Waals surface area contributed by atoms with Gasteiger partial charge in [0, 0.05) is 18.9 Å². The molecule has 90 valence electrons. The minimum absolute atomic E-state index is 0.0915. The molecule has 0 aromatic carbocycles. The number of hydrogen-bond acceptors (Lipinski definition) is 4. The molecule has 17 heavy (non-hydrogen) atoms. The summed E-state index contributed by atoms with van der Waals surface area (Å²) in [6, 6.07) is 0. The summed E-state index contributed by atoms with van der Waals surface area (Å²) in [5.74, 6) is -1.88. The van der Waals surface area contributed by atoms with Gasteiger partial charge in [-0.3, -0.25) is 19.2 Å². The molecular formula is C12H13NO4. The van der Waals surface area contributed by atoms with Gasteiger partial charge in [0.2, 0.25) is 17.6 Å². The van der Waals surface area contributed by atoms with Crippen LogP contribution < -0.4 is 0 Å². The van der Waals surface area contributed by atoms with Crippen molar-refractivity contribution in [3.8, 4) is 0 Å². The Kier molecular flexibility index (Phi) is 4.09. The molecule has 0 saturated heterocycles. The number of amides is 2. The second-order valence-electron chi connectivity index (χ2n) is 3.46. The van der Waals surface area contributed by atoms with Gasteiger partial charge < -0.3 is 0 Å². The first-order valence-corrected chi connectivity index (χ1v) is 5.35. The van der Waals surface area contributed by atoms with E-state index in [-0.39, 0.29) is 18.5 Å². The van der Waals surface area contributed by atoms with E-state index < -0.39 is 23.4 Å². The van der Waals surface area contributed by atoms with E-state index in [0.29, 0.717) is 0 Å². The highest BCUT2D eigenvalue weighted by molar-refractivity contribution is 6.20. The molecule has 0 fully saturated rings. The molecule has 1 rings (SSSR count). The van der Waals surface area contributed by atoms with Gasteiger partial charge in [-0.2, -0.15) is 0 Å². The lowest BCUT2D eigenvalue weighted by molar-refractivity contribution is -0.143. The summed E-state index contributed by atoms with van der Waals surface area (Å²) in [4.78, 5) is 46.8. The summed E-state index contributed by atoms with van der Waals surface area (Å²) >= 11 is 0. The number of allylic oxidation sites excluding steroid dienone is 3. The molecule has 0 spiro atoms. The summed E-state index contributed by atoms with van der Waals surface area (Å²) < 4.78 is 0. The number of carbonyl (C=O) groups excluding carboxylic acids is 4. The predicted molar refractivity (Wildman–Crippen MR) is 59.7 cm³/mol. The van der Waals surface area contributed by atoms with Gasteiger partial charge in [0.25, 0.3) is 0 Å². The van der Waals surface area contributed by atoms with Crippen molar-refractivity contribution >= 4 is 23.4 Å². The van der Waals surface area contributed by atoms with Gasteiger partial charge in [0.1, 0.15) is 5.70 Å². The Morgan fingerprint density at radius 3 is 2.06 bits per heavy atom. The van der Waals surface area contributed by atoms with Crippen LogP contribution in [0.25, 0.3) is 0 Å². The Morgan fingerprint density at radius 2 is 1.59 bits per heavy atom. The standard InChI is InChI=1S/C12H13NO4/c1-3-11(16)13(12(17)4-2)9-7-8(14)5-6-10(9)15/h5-7H,3-4H2,1-2H3. The normalized spacial score (nSPS) is 14.6. The van der Waals surface area contributed by atoms with Crippen molar-refractivity contribution in [3.63, 3.8) is 0 Å². The van der Waals surface area contributed by atoms with Crippen molar-refractivity contribution < 1.29 is 19.2 Å². The van der Waals surface area contributed by atoms with Crippen LogP contribution in [-0.2, 0) is 19.2 Å². The van der Waals surface area contributed by atoms with Gasteiger partial charge in [-0.05, 0) is 12.2 Å². The lowest BCUT2D eigenvalue weighted by Gasteiger charge is -2.22. The van der Waals surface area contributed by atoms with Crippen molar-refractivity contribution in [1.82, 2.24) is 4.90 Å². The smallest absolute Gasteiger partial charge is 0.233 e. The average Bonchev–Trinajstić information content (AvgIpc) is 2.33. The molecule has 1 aliphatic carbocycles. The summed E-state index contributed by atoms with van der Waals surface area (Å²) in [6.07, 6.45) is 3.37. The SMILES string of the molecule is CCC(=O)N(C(=O)CC)C1=CC(=O)C=CC1=O. The molecule has 0 aromatic heterocycles. The van der Waals surface area contributed by atoms with E-state index >= 15 is 0 Å². The third kappa shape index (κ3) is 2.75. The number of imide groups is 1. The number of ketones is 2. The second kappa shape index (κ2) is 5.34. The van der Waals surface area contributed by atoms with Crippen LogP contribution in [0, 0.1) is 0 Å². The van der Waals surface area contributed by atoms with Gasteiger partial charge in [0.05, 0.1) is 0 Å². The van der Waals surface area contributed by atoms with Crippen molar-refractivity contribution in [2.75, 3.05) is 0 Å². The Morgan fingerprint density at radius 1 is 1.06 bits per heavy atom. The molecule has 0 radical (unpaired) electrons. The lowest BCUT2D eigenvalue weighted by atomic mass is 10.1. The maximum Gasteiger partial charge on any atom is 0.233 e. The summed E-state index contributed by atoms with van der Waals surface area (Å²) in [7, 11) is 0. The Hall–Kier alpha value is -2.04. The van der Waals surface area contributed by atoms with Crippen LogP contribution in [0.3, 0.4) is 0 Å². The molecule has 0 aromatic rings. The third-order valence-corrected chi connectivity index (χ3v) is 2.28. The van der Waals surface area contributed by atoms with E-state index in [0.717, 1.165) is 23.1 Å². The van der Waals surface area contributed by atoms with E-state index in [1.807, 2.05) is 0 Å². The monoisotopic (exact) mass is 235 g/mol. The summed E-state index contributed by atoms with van der Waals surface area (Å²) in [5.41, 5.74) is -0.156. The molecule has 0 heterocycles. The van der Waals surface area contributed by atoms with Crippen molar-refractivity contribution in [2.45, 2.75) is 26.7 Å². The second-order valence-corrected chi connectivity index (χ2v) is 3.46. The molecule has 5 heteroatoms. The van der Waals surface area contributed by atoms with Crippen LogP contribution in [0.5, 0.6) is 0 Å². The Bertz CT molecular complexity index is 429. The fourth-order valence-corrected chi connectivity index (χ4v) is 1.40. The molecule has 5 nitrogen and oxygen atoms in total. The van der Waals surface area contributed by atoms with Gasteiger partial charge in [0.15, 0.2) is 5.78 Å². The Balaban J connectivity index is 3.14. The fourth-order valence-electron chi connectivity index (χ4n) is 1.40. The predicted octanol–water partition coefficient (Wildman–Crippen LogP) is 0.753. The van der Waals surface area contributed by atoms with Crippen LogP contribution in [0.15, 0.2) is 23.9 Å². The number of carbonyl (C=O) groups is 4.